The fraction of sp³-hybridized carbons (Fsp3) is 1.00. The standard InChI is InChI=1S/C15H31N3O/c1-15(2,3)14(16-4)12-17-6-5-13(11-17)18-7-9-19-10-8-18/h13-14,16H,5-12H2,1-4H3. The molecule has 2 fully saturated rings. The van der Waals surface area contributed by atoms with Crippen molar-refractivity contribution < 1.29 is 4.74 Å². The Morgan fingerprint density at radius 3 is 2.47 bits per heavy atom. The molecule has 0 aromatic rings. The van der Waals surface area contributed by atoms with Crippen molar-refractivity contribution in [2.75, 3.05) is 53.0 Å². The van der Waals surface area contributed by atoms with Crippen molar-refractivity contribution in [1.82, 2.24) is 15.1 Å². The maximum atomic E-state index is 5.45. The van der Waals surface area contributed by atoms with E-state index in [9.17, 15) is 0 Å². The van der Waals surface area contributed by atoms with Gasteiger partial charge in [-0.2, -0.15) is 0 Å². The summed E-state index contributed by atoms with van der Waals surface area (Å²) in [5.41, 5.74) is 0.325. The van der Waals surface area contributed by atoms with Crippen molar-refractivity contribution in [3.63, 3.8) is 0 Å². The SMILES string of the molecule is CNC(CN1CCC(N2CCOCC2)C1)C(C)(C)C. The molecule has 2 heterocycles. The summed E-state index contributed by atoms with van der Waals surface area (Å²) >= 11 is 0. The van der Waals surface area contributed by atoms with Gasteiger partial charge in [0.15, 0.2) is 0 Å². The quantitative estimate of drug-likeness (QED) is 0.825. The average Bonchev–Trinajstić information content (AvgIpc) is 2.84. The summed E-state index contributed by atoms with van der Waals surface area (Å²) in [6.45, 7) is 14.7. The van der Waals surface area contributed by atoms with E-state index in [1.54, 1.807) is 0 Å². The minimum absolute atomic E-state index is 0.325. The molecule has 4 nitrogen and oxygen atoms in total. The van der Waals surface area contributed by atoms with Crippen LogP contribution in [0.25, 0.3) is 0 Å². The molecule has 2 aliphatic rings. The largest absolute Gasteiger partial charge is 0.379 e. The van der Waals surface area contributed by atoms with E-state index < -0.39 is 0 Å². The van der Waals surface area contributed by atoms with Crippen LogP contribution in [-0.2, 0) is 4.74 Å². The minimum Gasteiger partial charge on any atom is -0.379 e. The third kappa shape index (κ3) is 4.15. The first-order valence-electron chi connectivity index (χ1n) is 7.72. The number of nitrogens with one attached hydrogen (secondary N) is 1. The summed E-state index contributed by atoms with van der Waals surface area (Å²) < 4.78 is 5.45. The number of nitrogens with zero attached hydrogens (tertiary/aromatic N) is 2. The highest BCUT2D eigenvalue weighted by Crippen LogP contribution is 2.23. The van der Waals surface area contributed by atoms with Gasteiger partial charge in [0, 0.05) is 38.3 Å². The summed E-state index contributed by atoms with van der Waals surface area (Å²) in [6.07, 6.45) is 1.32. The van der Waals surface area contributed by atoms with Crippen molar-refractivity contribution in [3.05, 3.63) is 0 Å². The lowest BCUT2D eigenvalue weighted by atomic mass is 9.86. The normalized spacial score (nSPS) is 28.7. The Morgan fingerprint density at radius 1 is 1.21 bits per heavy atom. The van der Waals surface area contributed by atoms with Crippen molar-refractivity contribution in [2.45, 2.75) is 39.3 Å². The zero-order valence-corrected chi connectivity index (χ0v) is 13.1. The smallest absolute Gasteiger partial charge is 0.0594 e. The van der Waals surface area contributed by atoms with Crippen molar-refractivity contribution in [1.29, 1.82) is 0 Å². The molecular formula is C15H31N3O. The Morgan fingerprint density at radius 2 is 1.89 bits per heavy atom. The predicted octanol–water partition coefficient (Wildman–Crippen LogP) is 1.03. The molecule has 0 aromatic carbocycles. The van der Waals surface area contributed by atoms with Gasteiger partial charge in [-0.1, -0.05) is 20.8 Å². The second-order valence-corrected chi connectivity index (χ2v) is 7.06. The van der Waals surface area contributed by atoms with E-state index >= 15 is 0 Å². The van der Waals surface area contributed by atoms with Crippen LogP contribution in [0.15, 0.2) is 0 Å². The van der Waals surface area contributed by atoms with Crippen molar-refractivity contribution >= 4 is 0 Å². The van der Waals surface area contributed by atoms with Gasteiger partial charge < -0.3 is 15.0 Å². The van der Waals surface area contributed by atoms with E-state index in [1.165, 1.54) is 26.1 Å². The van der Waals surface area contributed by atoms with Gasteiger partial charge in [-0.25, -0.2) is 0 Å². The fourth-order valence-electron chi connectivity index (χ4n) is 3.28. The molecule has 0 amide bonds. The molecule has 2 aliphatic heterocycles. The highest BCUT2D eigenvalue weighted by molar-refractivity contribution is 4.89. The van der Waals surface area contributed by atoms with Crippen LogP contribution < -0.4 is 5.32 Å². The maximum Gasteiger partial charge on any atom is 0.0594 e. The second-order valence-electron chi connectivity index (χ2n) is 7.06. The van der Waals surface area contributed by atoms with Crippen LogP contribution in [0.1, 0.15) is 27.2 Å². The lowest BCUT2D eigenvalue weighted by Crippen LogP contribution is -2.48. The molecule has 1 N–H and O–H groups in total. The summed E-state index contributed by atoms with van der Waals surface area (Å²) in [5.74, 6) is 0. The monoisotopic (exact) mass is 269 g/mol. The molecule has 0 saturated carbocycles. The van der Waals surface area contributed by atoms with Gasteiger partial charge in [-0.15, -0.1) is 0 Å². The lowest BCUT2D eigenvalue weighted by molar-refractivity contribution is 0.0181. The van der Waals surface area contributed by atoms with Crippen LogP contribution in [0, 0.1) is 5.41 Å². The van der Waals surface area contributed by atoms with Crippen LogP contribution in [-0.4, -0.2) is 74.9 Å². The number of hydrogen-bond acceptors (Lipinski definition) is 4. The number of likely N-dealkylation sites (N-methyl/N-ethyl adjacent to an activating group) is 1. The van der Waals surface area contributed by atoms with E-state index in [4.69, 9.17) is 4.74 Å². The lowest BCUT2D eigenvalue weighted by Gasteiger charge is -2.35. The molecule has 4 heteroatoms. The van der Waals surface area contributed by atoms with Gasteiger partial charge in [0.1, 0.15) is 0 Å². The van der Waals surface area contributed by atoms with Gasteiger partial charge in [0.05, 0.1) is 13.2 Å². The Hall–Kier alpha value is -0.160. The molecule has 2 atom stereocenters. The molecule has 0 spiro atoms. The van der Waals surface area contributed by atoms with Crippen LogP contribution in [0.5, 0.6) is 0 Å². The number of ether oxygens (including phenoxy) is 1. The predicted molar refractivity (Wildman–Crippen MR) is 79.5 cm³/mol. The fourth-order valence-corrected chi connectivity index (χ4v) is 3.28. The Bertz CT molecular complexity index is 271. The van der Waals surface area contributed by atoms with Gasteiger partial charge in [-0.3, -0.25) is 4.90 Å². The topological polar surface area (TPSA) is 27.7 Å². The van der Waals surface area contributed by atoms with E-state index in [0.717, 1.165) is 32.3 Å². The van der Waals surface area contributed by atoms with Crippen LogP contribution >= 0.6 is 0 Å². The van der Waals surface area contributed by atoms with E-state index in [1.807, 2.05) is 0 Å². The molecule has 2 rings (SSSR count). The van der Waals surface area contributed by atoms with Crippen molar-refractivity contribution in [2.24, 2.45) is 5.41 Å². The van der Waals surface area contributed by atoms with Crippen molar-refractivity contribution in [3.8, 4) is 0 Å². The Balaban J connectivity index is 1.81. The Kier molecular flexibility index (Phi) is 5.23. The van der Waals surface area contributed by atoms with Crippen LogP contribution in [0.4, 0.5) is 0 Å². The molecule has 0 aromatic heterocycles. The number of hydrogen-bond donors (Lipinski definition) is 1. The Labute approximate surface area is 118 Å². The van der Waals surface area contributed by atoms with Gasteiger partial charge >= 0.3 is 0 Å². The zero-order chi connectivity index (χ0) is 13.9. The molecule has 19 heavy (non-hydrogen) atoms. The zero-order valence-electron chi connectivity index (χ0n) is 13.1. The average molecular weight is 269 g/mol. The highest BCUT2D eigenvalue weighted by atomic mass is 16.5. The first kappa shape index (κ1) is 15.2. The number of rotatable bonds is 4. The molecule has 0 radical (unpaired) electrons. The summed E-state index contributed by atoms with van der Waals surface area (Å²) in [6, 6.07) is 1.32. The molecule has 0 bridgehead atoms. The molecule has 0 aliphatic carbocycles. The number of morpholine rings is 1. The molecular weight excluding hydrogens is 238 g/mol. The number of likely N-dealkylation sites (tertiary alicyclic amines) is 1. The third-order valence-electron chi connectivity index (χ3n) is 4.64. The third-order valence-corrected chi connectivity index (χ3v) is 4.64. The molecule has 2 unspecified atom stereocenters. The molecule has 112 valence electrons. The highest BCUT2D eigenvalue weighted by Gasteiger charge is 2.32. The first-order chi connectivity index (χ1) is 9.00. The van der Waals surface area contributed by atoms with E-state index in [0.29, 0.717) is 11.5 Å². The van der Waals surface area contributed by atoms with Gasteiger partial charge in [0.2, 0.25) is 0 Å². The second kappa shape index (κ2) is 6.53. The summed E-state index contributed by atoms with van der Waals surface area (Å²) in [4.78, 5) is 5.25. The maximum absolute atomic E-state index is 5.45. The van der Waals surface area contributed by atoms with Crippen LogP contribution in [0.2, 0.25) is 0 Å². The van der Waals surface area contributed by atoms with Gasteiger partial charge in [0.25, 0.3) is 0 Å². The molecule has 2 saturated heterocycles. The first-order valence-corrected chi connectivity index (χ1v) is 7.72. The summed E-state index contributed by atoms with van der Waals surface area (Å²) in [7, 11) is 2.09. The van der Waals surface area contributed by atoms with E-state index in [-0.39, 0.29) is 0 Å². The minimum atomic E-state index is 0.325. The summed E-state index contributed by atoms with van der Waals surface area (Å²) in [5, 5.41) is 3.49. The van der Waals surface area contributed by atoms with Crippen LogP contribution in [0.3, 0.4) is 0 Å². The van der Waals surface area contributed by atoms with Gasteiger partial charge in [-0.05, 0) is 25.4 Å². The van der Waals surface area contributed by atoms with E-state index in [2.05, 4.69) is 42.9 Å².